The van der Waals surface area contributed by atoms with Gasteiger partial charge in [0.2, 0.25) is 5.78 Å². The second-order valence-electron chi connectivity index (χ2n) is 10.8. The van der Waals surface area contributed by atoms with E-state index in [1.807, 2.05) is 6.92 Å². The molecule has 9 atom stereocenters. The molecule has 29 heavy (non-hydrogen) atoms. The molecule has 6 heteroatoms. The Morgan fingerprint density at radius 1 is 1.07 bits per heavy atom. The summed E-state index contributed by atoms with van der Waals surface area (Å²) in [4.78, 5) is 24.0. The Kier molecular flexibility index (Phi) is 5.15. The largest absolute Gasteiger partial charge is 0.458 e. The molecule has 164 valence electrons. The average molecular weight is 409 g/mol. The summed E-state index contributed by atoms with van der Waals surface area (Å²) < 4.78 is 4.90. The van der Waals surface area contributed by atoms with Crippen molar-refractivity contribution in [2.75, 3.05) is 6.61 Å². The van der Waals surface area contributed by atoms with Crippen molar-refractivity contribution in [1.29, 1.82) is 0 Å². The minimum absolute atomic E-state index is 0.00531. The van der Waals surface area contributed by atoms with Gasteiger partial charge in [-0.3, -0.25) is 9.59 Å². The van der Waals surface area contributed by atoms with E-state index in [4.69, 9.17) is 4.74 Å². The van der Waals surface area contributed by atoms with Crippen molar-refractivity contribution < 1.29 is 29.6 Å². The Morgan fingerprint density at radius 3 is 2.48 bits per heavy atom. The van der Waals surface area contributed by atoms with Gasteiger partial charge in [-0.25, -0.2) is 0 Å². The van der Waals surface area contributed by atoms with Crippen molar-refractivity contribution in [1.82, 2.24) is 0 Å². The molecule has 4 aliphatic rings. The molecule has 0 radical (unpaired) electrons. The highest BCUT2D eigenvalue weighted by atomic mass is 16.5. The standard InChI is InChI=1S/C23H36O6/c1-13(24)29-12-19(27)23(28)9-7-17-16-5-4-14-10-15(25)6-8-21(14,2)20(16)18(26)11-22(17,23)3/h14-18,20,25-26,28H,4-12H2,1-3H3/t14-,15+,16-,17-,18-,20+,21-,22-,23-/m0/s1. The third-order valence-corrected chi connectivity index (χ3v) is 9.59. The molecule has 4 fully saturated rings. The highest BCUT2D eigenvalue weighted by Crippen LogP contribution is 2.68. The molecule has 4 saturated carbocycles. The molecule has 0 aromatic rings. The van der Waals surface area contributed by atoms with Crippen LogP contribution in [0.1, 0.15) is 72.1 Å². The van der Waals surface area contributed by atoms with Crippen molar-refractivity contribution in [2.45, 2.75) is 89.9 Å². The summed E-state index contributed by atoms with van der Waals surface area (Å²) in [6.07, 6.45) is 5.26. The molecule has 3 N–H and O–H groups in total. The molecule has 0 unspecified atom stereocenters. The Morgan fingerprint density at radius 2 is 1.79 bits per heavy atom. The fourth-order valence-corrected chi connectivity index (χ4v) is 8.11. The molecule has 0 aromatic carbocycles. The number of carbonyl (C=O) groups is 2. The lowest BCUT2D eigenvalue weighted by Gasteiger charge is -2.62. The molecule has 6 nitrogen and oxygen atoms in total. The van der Waals surface area contributed by atoms with Gasteiger partial charge in [-0.05, 0) is 80.5 Å². The van der Waals surface area contributed by atoms with Crippen LogP contribution >= 0.6 is 0 Å². The van der Waals surface area contributed by atoms with Gasteiger partial charge in [0.1, 0.15) is 5.60 Å². The molecule has 0 bridgehead atoms. The van der Waals surface area contributed by atoms with Gasteiger partial charge in [-0.2, -0.15) is 0 Å². The number of ether oxygens (including phenoxy) is 1. The number of aliphatic hydroxyl groups excluding tert-OH is 2. The molecule has 0 saturated heterocycles. The number of aliphatic hydroxyl groups is 3. The van der Waals surface area contributed by atoms with Crippen molar-refractivity contribution in [3.63, 3.8) is 0 Å². The zero-order valence-corrected chi connectivity index (χ0v) is 17.9. The second-order valence-corrected chi connectivity index (χ2v) is 10.8. The van der Waals surface area contributed by atoms with E-state index in [-0.39, 0.29) is 29.3 Å². The highest BCUT2D eigenvalue weighted by Gasteiger charge is 2.68. The van der Waals surface area contributed by atoms with Crippen molar-refractivity contribution in [3.8, 4) is 0 Å². The maximum absolute atomic E-state index is 12.9. The Hall–Kier alpha value is -0.980. The van der Waals surface area contributed by atoms with Gasteiger partial charge < -0.3 is 20.1 Å². The molecule has 0 heterocycles. The number of hydrogen-bond donors (Lipinski definition) is 3. The van der Waals surface area contributed by atoms with Gasteiger partial charge in [0.05, 0.1) is 12.2 Å². The van der Waals surface area contributed by atoms with Crippen LogP contribution in [0, 0.1) is 34.5 Å². The van der Waals surface area contributed by atoms with Crippen LogP contribution in [0.2, 0.25) is 0 Å². The minimum atomic E-state index is -1.56. The second kappa shape index (κ2) is 7.03. The summed E-state index contributed by atoms with van der Waals surface area (Å²) in [6, 6.07) is 0. The van der Waals surface area contributed by atoms with Crippen LogP contribution in [0.4, 0.5) is 0 Å². The van der Waals surface area contributed by atoms with Gasteiger partial charge in [0.15, 0.2) is 6.61 Å². The Labute approximate surface area is 173 Å². The van der Waals surface area contributed by atoms with E-state index in [1.54, 1.807) is 0 Å². The van der Waals surface area contributed by atoms with Gasteiger partial charge in [-0.15, -0.1) is 0 Å². The molecule has 0 aromatic heterocycles. The van der Waals surface area contributed by atoms with E-state index < -0.39 is 35.5 Å². The van der Waals surface area contributed by atoms with Crippen LogP contribution in [0.3, 0.4) is 0 Å². The molecular formula is C23H36O6. The predicted octanol–water partition coefficient (Wildman–Crippen LogP) is 2.22. The fourth-order valence-electron chi connectivity index (χ4n) is 8.11. The van der Waals surface area contributed by atoms with Crippen molar-refractivity contribution >= 4 is 11.8 Å². The zero-order valence-electron chi connectivity index (χ0n) is 17.9. The quantitative estimate of drug-likeness (QED) is 0.619. The lowest BCUT2D eigenvalue weighted by Crippen LogP contribution is -2.63. The molecule has 0 aliphatic heterocycles. The number of hydrogen-bond acceptors (Lipinski definition) is 6. The maximum atomic E-state index is 12.9. The summed E-state index contributed by atoms with van der Waals surface area (Å²) in [7, 11) is 0. The SMILES string of the molecule is CC(=O)OCC(=O)[C@@]1(O)CC[C@H]2[C@@H]3CC[C@H]4C[C@H](O)CC[C@]4(C)[C@H]3[C@@H](O)C[C@@]21C. The van der Waals surface area contributed by atoms with Crippen LogP contribution in [0.15, 0.2) is 0 Å². The van der Waals surface area contributed by atoms with Crippen LogP contribution in [0.5, 0.6) is 0 Å². The summed E-state index contributed by atoms with van der Waals surface area (Å²) in [5.41, 5.74) is -2.26. The number of esters is 1. The highest BCUT2D eigenvalue weighted by molar-refractivity contribution is 5.90. The first-order chi connectivity index (χ1) is 13.5. The van der Waals surface area contributed by atoms with E-state index in [9.17, 15) is 24.9 Å². The Bertz CT molecular complexity index is 693. The van der Waals surface area contributed by atoms with E-state index in [1.165, 1.54) is 6.92 Å². The lowest BCUT2D eigenvalue weighted by atomic mass is 9.43. The van der Waals surface area contributed by atoms with Gasteiger partial charge >= 0.3 is 5.97 Å². The lowest BCUT2D eigenvalue weighted by molar-refractivity contribution is -0.203. The summed E-state index contributed by atoms with van der Waals surface area (Å²) >= 11 is 0. The minimum Gasteiger partial charge on any atom is -0.458 e. The van der Waals surface area contributed by atoms with E-state index in [0.717, 1.165) is 38.5 Å². The summed E-state index contributed by atoms with van der Waals surface area (Å²) in [5, 5.41) is 33.0. The van der Waals surface area contributed by atoms with E-state index in [0.29, 0.717) is 18.8 Å². The van der Waals surface area contributed by atoms with Gasteiger partial charge in [-0.1, -0.05) is 13.8 Å². The molecule has 0 spiro atoms. The zero-order chi connectivity index (χ0) is 21.2. The summed E-state index contributed by atoms with van der Waals surface area (Å²) in [5.74, 6) is 0.0536. The third kappa shape index (κ3) is 3.01. The normalized spacial score (nSPS) is 51.5. The van der Waals surface area contributed by atoms with E-state index >= 15 is 0 Å². The van der Waals surface area contributed by atoms with Crippen LogP contribution in [0.25, 0.3) is 0 Å². The molecular weight excluding hydrogens is 372 g/mol. The molecule has 4 aliphatic carbocycles. The molecule has 0 amide bonds. The van der Waals surface area contributed by atoms with Gasteiger partial charge in [0.25, 0.3) is 0 Å². The van der Waals surface area contributed by atoms with Crippen molar-refractivity contribution in [2.24, 2.45) is 34.5 Å². The van der Waals surface area contributed by atoms with Crippen LogP contribution < -0.4 is 0 Å². The molecule has 4 rings (SSSR count). The van der Waals surface area contributed by atoms with Crippen LogP contribution in [-0.2, 0) is 14.3 Å². The number of Topliss-reactive ketones (excluding diaryl/α,β-unsaturated/α-hetero) is 1. The summed E-state index contributed by atoms with van der Waals surface area (Å²) in [6.45, 7) is 5.09. The third-order valence-electron chi connectivity index (χ3n) is 9.59. The monoisotopic (exact) mass is 408 g/mol. The number of rotatable bonds is 3. The fraction of sp³-hybridized carbons (Fsp3) is 0.913. The number of ketones is 1. The smallest absolute Gasteiger partial charge is 0.303 e. The first-order valence-electron chi connectivity index (χ1n) is 11.3. The number of fused-ring (bicyclic) bond motifs is 5. The average Bonchev–Trinajstić information content (AvgIpc) is 2.91. The predicted molar refractivity (Wildman–Crippen MR) is 106 cm³/mol. The first kappa shape index (κ1) is 21.3. The first-order valence-corrected chi connectivity index (χ1v) is 11.3. The van der Waals surface area contributed by atoms with Crippen LogP contribution in [-0.4, -0.2) is 51.5 Å². The van der Waals surface area contributed by atoms with Gasteiger partial charge in [0, 0.05) is 12.3 Å². The topological polar surface area (TPSA) is 104 Å². The van der Waals surface area contributed by atoms with E-state index in [2.05, 4.69) is 6.92 Å². The Balaban J connectivity index is 1.62. The van der Waals surface area contributed by atoms with Crippen molar-refractivity contribution in [3.05, 3.63) is 0 Å². The number of carbonyl (C=O) groups excluding carboxylic acids is 2. The maximum Gasteiger partial charge on any atom is 0.303 e.